The van der Waals surface area contributed by atoms with Gasteiger partial charge < -0.3 is 15.3 Å². The second-order valence-corrected chi connectivity index (χ2v) is 5.91. The van der Waals surface area contributed by atoms with E-state index in [9.17, 15) is 4.79 Å². The van der Waals surface area contributed by atoms with E-state index in [-0.39, 0.29) is 5.71 Å². The molecule has 0 fully saturated rings. The number of primary amides is 1. The quantitative estimate of drug-likeness (QED) is 0.592. The number of oxime groups is 1. The Balaban J connectivity index is 2.07. The molecule has 0 bridgehead atoms. The monoisotopic (exact) mass is 340 g/mol. The molecule has 5 heteroatoms. The summed E-state index contributed by atoms with van der Waals surface area (Å²) in [6, 6.07) is 14.1. The van der Waals surface area contributed by atoms with Crippen molar-refractivity contribution in [2.24, 2.45) is 10.9 Å². The molecule has 0 atom stereocenters. The summed E-state index contributed by atoms with van der Waals surface area (Å²) < 4.78 is 5.97. The maximum absolute atomic E-state index is 11.4. The topological polar surface area (TPSA) is 73.9 Å². The molecule has 5 nitrogen and oxygen atoms in total. The first-order valence-corrected chi connectivity index (χ1v) is 8.18. The van der Waals surface area contributed by atoms with Crippen molar-refractivity contribution in [1.82, 2.24) is 0 Å². The van der Waals surface area contributed by atoms with Crippen LogP contribution in [0, 0.1) is 13.8 Å². The molecule has 1 amide bonds. The molecule has 2 aromatic rings. The number of carbonyl (C=O) groups is 1. The summed E-state index contributed by atoms with van der Waals surface area (Å²) >= 11 is 0. The lowest BCUT2D eigenvalue weighted by molar-refractivity contribution is -0.112. The Morgan fingerprint density at radius 3 is 2.48 bits per heavy atom. The van der Waals surface area contributed by atoms with E-state index in [2.05, 4.69) is 23.0 Å². The van der Waals surface area contributed by atoms with Gasteiger partial charge in [-0.3, -0.25) is 4.79 Å². The van der Waals surface area contributed by atoms with E-state index in [1.54, 1.807) is 0 Å². The molecule has 0 unspecified atom stereocenters. The zero-order chi connectivity index (χ0) is 18.2. The van der Waals surface area contributed by atoms with E-state index in [0.29, 0.717) is 19.4 Å². The molecule has 0 heterocycles. The number of ether oxygens (including phenoxy) is 1. The van der Waals surface area contributed by atoms with Crippen molar-refractivity contribution >= 4 is 11.6 Å². The smallest absolute Gasteiger partial charge is 0.266 e. The number of rotatable bonds is 8. The van der Waals surface area contributed by atoms with Gasteiger partial charge in [0.1, 0.15) is 25.2 Å². The standard InChI is InChI=1S/C20H24N2O3/c1-14-8-11-19(15(2)12-14)25-13-17-7-5-4-6-16(17)9-10-18(20(21)23)22-24-3/h4-8,11-12H,9-10,13H2,1-3H3,(H2,21,23). The number of nitrogens with two attached hydrogens (primary N) is 1. The van der Waals surface area contributed by atoms with Crippen molar-refractivity contribution in [2.75, 3.05) is 7.11 Å². The summed E-state index contributed by atoms with van der Waals surface area (Å²) in [7, 11) is 1.40. The number of aryl methyl sites for hydroxylation is 3. The van der Waals surface area contributed by atoms with E-state index in [1.807, 2.05) is 43.3 Å². The van der Waals surface area contributed by atoms with Gasteiger partial charge in [0.2, 0.25) is 0 Å². The maximum atomic E-state index is 11.4. The first kappa shape index (κ1) is 18.5. The van der Waals surface area contributed by atoms with Crippen molar-refractivity contribution < 1.29 is 14.4 Å². The van der Waals surface area contributed by atoms with Crippen LogP contribution in [0.25, 0.3) is 0 Å². The average Bonchev–Trinajstić information content (AvgIpc) is 2.58. The highest BCUT2D eigenvalue weighted by Gasteiger charge is 2.11. The third kappa shape index (κ3) is 5.35. The Morgan fingerprint density at radius 2 is 1.84 bits per heavy atom. The molecule has 0 saturated heterocycles. The fourth-order valence-electron chi connectivity index (χ4n) is 2.64. The molecule has 0 aliphatic heterocycles. The normalized spacial score (nSPS) is 11.2. The Labute approximate surface area is 148 Å². The third-order valence-corrected chi connectivity index (χ3v) is 3.95. The Hall–Kier alpha value is -2.82. The molecular weight excluding hydrogens is 316 g/mol. The molecule has 0 aliphatic rings. The molecule has 25 heavy (non-hydrogen) atoms. The van der Waals surface area contributed by atoms with Crippen LogP contribution in [0.4, 0.5) is 0 Å². The maximum Gasteiger partial charge on any atom is 0.266 e. The number of hydrogen-bond acceptors (Lipinski definition) is 4. The van der Waals surface area contributed by atoms with Crippen LogP contribution in [-0.2, 0) is 22.7 Å². The summed E-state index contributed by atoms with van der Waals surface area (Å²) in [4.78, 5) is 16.0. The van der Waals surface area contributed by atoms with Gasteiger partial charge in [-0.25, -0.2) is 0 Å². The Morgan fingerprint density at radius 1 is 1.12 bits per heavy atom. The van der Waals surface area contributed by atoms with Gasteiger partial charge in [0, 0.05) is 6.42 Å². The molecule has 0 aromatic heterocycles. The van der Waals surface area contributed by atoms with E-state index < -0.39 is 5.91 Å². The molecule has 0 saturated carbocycles. The number of nitrogens with zero attached hydrogens (tertiary/aromatic N) is 1. The van der Waals surface area contributed by atoms with E-state index in [1.165, 1.54) is 12.7 Å². The summed E-state index contributed by atoms with van der Waals surface area (Å²) in [5.74, 6) is 0.310. The van der Waals surface area contributed by atoms with E-state index in [0.717, 1.165) is 22.4 Å². The van der Waals surface area contributed by atoms with Gasteiger partial charge in [0.15, 0.2) is 0 Å². The molecule has 0 aliphatic carbocycles. The van der Waals surface area contributed by atoms with Crippen LogP contribution in [0.1, 0.15) is 28.7 Å². The van der Waals surface area contributed by atoms with Gasteiger partial charge in [-0.15, -0.1) is 0 Å². The van der Waals surface area contributed by atoms with E-state index >= 15 is 0 Å². The lowest BCUT2D eigenvalue weighted by atomic mass is 10.0. The van der Waals surface area contributed by atoms with Gasteiger partial charge in [-0.1, -0.05) is 47.1 Å². The van der Waals surface area contributed by atoms with Crippen LogP contribution in [0.15, 0.2) is 47.6 Å². The molecule has 0 spiro atoms. The predicted molar refractivity (Wildman–Crippen MR) is 98.6 cm³/mol. The first-order chi connectivity index (χ1) is 12.0. The number of carbonyl (C=O) groups excluding carboxylic acids is 1. The van der Waals surface area contributed by atoms with Crippen molar-refractivity contribution in [3.05, 3.63) is 64.7 Å². The summed E-state index contributed by atoms with van der Waals surface area (Å²) in [5, 5.41) is 3.69. The lowest BCUT2D eigenvalue weighted by Crippen LogP contribution is -2.24. The van der Waals surface area contributed by atoms with Crippen LogP contribution in [0.3, 0.4) is 0 Å². The second kappa shape index (κ2) is 8.87. The molecule has 0 radical (unpaired) electrons. The van der Waals surface area contributed by atoms with Crippen molar-refractivity contribution in [3.8, 4) is 5.75 Å². The highest BCUT2D eigenvalue weighted by atomic mass is 16.6. The molecule has 2 N–H and O–H groups in total. The highest BCUT2D eigenvalue weighted by Crippen LogP contribution is 2.21. The van der Waals surface area contributed by atoms with Gasteiger partial charge in [-0.2, -0.15) is 0 Å². The Bertz CT molecular complexity index is 769. The van der Waals surface area contributed by atoms with E-state index in [4.69, 9.17) is 10.5 Å². The fraction of sp³-hybridized carbons (Fsp3) is 0.300. The molecule has 2 rings (SSSR count). The van der Waals surface area contributed by atoms with Crippen LogP contribution < -0.4 is 10.5 Å². The zero-order valence-corrected chi connectivity index (χ0v) is 14.9. The minimum atomic E-state index is -0.564. The van der Waals surface area contributed by atoms with Gasteiger partial charge >= 0.3 is 0 Å². The first-order valence-electron chi connectivity index (χ1n) is 8.18. The van der Waals surface area contributed by atoms with Crippen LogP contribution in [0.5, 0.6) is 5.75 Å². The highest BCUT2D eigenvalue weighted by molar-refractivity contribution is 6.38. The number of benzene rings is 2. The summed E-state index contributed by atoms with van der Waals surface area (Å²) in [5.41, 5.74) is 10.0. The Kier molecular flexibility index (Phi) is 6.57. The van der Waals surface area contributed by atoms with Crippen LogP contribution in [-0.4, -0.2) is 18.7 Å². The molecular formula is C20H24N2O3. The third-order valence-electron chi connectivity index (χ3n) is 3.95. The lowest BCUT2D eigenvalue weighted by Gasteiger charge is -2.13. The SMILES string of the molecule is CON=C(CCc1ccccc1COc1ccc(C)cc1C)C(N)=O. The summed E-state index contributed by atoms with van der Waals surface area (Å²) in [6.07, 6.45) is 1.06. The molecule has 2 aromatic carbocycles. The molecule has 132 valence electrons. The van der Waals surface area contributed by atoms with Gasteiger partial charge in [0.25, 0.3) is 5.91 Å². The number of amides is 1. The zero-order valence-electron chi connectivity index (χ0n) is 14.9. The van der Waals surface area contributed by atoms with Crippen LogP contribution >= 0.6 is 0 Å². The van der Waals surface area contributed by atoms with Crippen molar-refractivity contribution in [1.29, 1.82) is 0 Å². The largest absolute Gasteiger partial charge is 0.489 e. The van der Waals surface area contributed by atoms with Crippen molar-refractivity contribution in [3.63, 3.8) is 0 Å². The minimum absolute atomic E-state index is 0.229. The predicted octanol–water partition coefficient (Wildman–Crippen LogP) is 3.30. The van der Waals surface area contributed by atoms with Crippen molar-refractivity contribution in [2.45, 2.75) is 33.3 Å². The summed E-state index contributed by atoms with van der Waals surface area (Å²) in [6.45, 7) is 4.56. The van der Waals surface area contributed by atoms with Gasteiger partial charge in [0.05, 0.1) is 0 Å². The average molecular weight is 340 g/mol. The fourth-order valence-corrected chi connectivity index (χ4v) is 2.64. The minimum Gasteiger partial charge on any atom is -0.489 e. The van der Waals surface area contributed by atoms with Gasteiger partial charge in [-0.05, 0) is 43.0 Å². The second-order valence-electron chi connectivity index (χ2n) is 5.91. The van der Waals surface area contributed by atoms with Crippen LogP contribution in [0.2, 0.25) is 0 Å². The number of hydrogen-bond donors (Lipinski definition) is 1.